The van der Waals surface area contributed by atoms with E-state index in [-0.39, 0.29) is 0 Å². The van der Waals surface area contributed by atoms with Gasteiger partial charge >= 0.3 is 0 Å². The van der Waals surface area contributed by atoms with Crippen LogP contribution in [0.1, 0.15) is 24.2 Å². The summed E-state index contributed by atoms with van der Waals surface area (Å²) in [6.07, 6.45) is 2.54. The molecule has 0 unspecified atom stereocenters. The Labute approximate surface area is 110 Å². The maximum absolute atomic E-state index is 6.14. The van der Waals surface area contributed by atoms with Crippen molar-refractivity contribution in [3.05, 3.63) is 33.5 Å². The third-order valence-corrected chi connectivity index (χ3v) is 4.01. The quantitative estimate of drug-likeness (QED) is 0.899. The number of nitrogens with one attached hydrogen (secondary N) is 1. The van der Waals surface area contributed by atoms with Crippen molar-refractivity contribution in [2.24, 2.45) is 0 Å². The SMILES string of the molecule is Cc1c(CNC2CC2)oc2c(Cl)c(Cl)ccc12. The summed E-state index contributed by atoms with van der Waals surface area (Å²) in [6, 6.07) is 4.44. The van der Waals surface area contributed by atoms with Crippen LogP contribution in [0, 0.1) is 6.92 Å². The molecular formula is C13H13Cl2NO. The lowest BCUT2D eigenvalue weighted by Gasteiger charge is -1.99. The van der Waals surface area contributed by atoms with Crippen LogP contribution in [0.5, 0.6) is 0 Å². The first-order chi connectivity index (χ1) is 8.16. The topological polar surface area (TPSA) is 25.2 Å². The number of hydrogen-bond donors (Lipinski definition) is 1. The largest absolute Gasteiger partial charge is 0.458 e. The zero-order valence-electron chi connectivity index (χ0n) is 9.52. The predicted octanol–water partition coefficient (Wildman–Crippen LogP) is 4.30. The maximum Gasteiger partial charge on any atom is 0.154 e. The minimum absolute atomic E-state index is 0.505. The zero-order valence-corrected chi connectivity index (χ0v) is 11.0. The highest BCUT2D eigenvalue weighted by molar-refractivity contribution is 6.44. The van der Waals surface area contributed by atoms with Crippen molar-refractivity contribution in [1.29, 1.82) is 0 Å². The lowest BCUT2D eigenvalue weighted by atomic mass is 10.1. The van der Waals surface area contributed by atoms with Crippen molar-refractivity contribution < 1.29 is 4.42 Å². The van der Waals surface area contributed by atoms with Gasteiger partial charge in [0.2, 0.25) is 0 Å². The number of hydrogen-bond acceptors (Lipinski definition) is 2. The molecule has 1 fully saturated rings. The summed E-state index contributed by atoms with van der Waals surface area (Å²) in [5.41, 5.74) is 1.84. The first kappa shape index (κ1) is 11.4. The Morgan fingerprint density at radius 3 is 2.82 bits per heavy atom. The first-order valence-corrected chi connectivity index (χ1v) is 6.52. The predicted molar refractivity (Wildman–Crippen MR) is 70.8 cm³/mol. The van der Waals surface area contributed by atoms with Gasteiger partial charge in [-0.25, -0.2) is 0 Å². The Balaban J connectivity index is 2.01. The molecule has 0 amide bonds. The van der Waals surface area contributed by atoms with Gasteiger partial charge in [-0.1, -0.05) is 23.2 Å². The van der Waals surface area contributed by atoms with E-state index in [1.54, 1.807) is 0 Å². The molecule has 1 N–H and O–H groups in total. The summed E-state index contributed by atoms with van der Waals surface area (Å²) < 4.78 is 5.81. The Hall–Kier alpha value is -0.700. The van der Waals surface area contributed by atoms with Gasteiger partial charge in [-0.05, 0) is 37.5 Å². The summed E-state index contributed by atoms with van der Waals surface area (Å²) in [6.45, 7) is 2.82. The molecule has 0 bridgehead atoms. The van der Waals surface area contributed by atoms with E-state index in [2.05, 4.69) is 12.2 Å². The van der Waals surface area contributed by atoms with Crippen LogP contribution in [-0.4, -0.2) is 6.04 Å². The number of aryl methyl sites for hydroxylation is 1. The number of benzene rings is 1. The smallest absolute Gasteiger partial charge is 0.154 e. The van der Waals surface area contributed by atoms with Gasteiger partial charge in [0.15, 0.2) is 5.58 Å². The van der Waals surface area contributed by atoms with E-state index in [0.717, 1.165) is 23.3 Å². The molecule has 0 saturated heterocycles. The molecule has 0 atom stereocenters. The molecule has 1 saturated carbocycles. The second kappa shape index (κ2) is 4.20. The Kier molecular flexibility index (Phi) is 2.81. The molecular weight excluding hydrogens is 257 g/mol. The molecule has 1 aromatic heterocycles. The van der Waals surface area contributed by atoms with Gasteiger partial charge in [-0.15, -0.1) is 0 Å². The van der Waals surface area contributed by atoms with E-state index in [1.165, 1.54) is 12.8 Å². The van der Waals surface area contributed by atoms with Crippen molar-refractivity contribution in [3.8, 4) is 0 Å². The van der Waals surface area contributed by atoms with Gasteiger partial charge in [0.25, 0.3) is 0 Å². The Morgan fingerprint density at radius 2 is 2.12 bits per heavy atom. The minimum Gasteiger partial charge on any atom is -0.458 e. The fourth-order valence-electron chi connectivity index (χ4n) is 1.97. The second-order valence-electron chi connectivity index (χ2n) is 4.54. The van der Waals surface area contributed by atoms with Crippen LogP contribution in [0.3, 0.4) is 0 Å². The fraction of sp³-hybridized carbons (Fsp3) is 0.385. The van der Waals surface area contributed by atoms with Crippen LogP contribution in [0.2, 0.25) is 10.0 Å². The fourth-order valence-corrected chi connectivity index (χ4v) is 2.32. The second-order valence-corrected chi connectivity index (χ2v) is 5.33. The number of fused-ring (bicyclic) bond motifs is 1. The molecule has 4 heteroatoms. The molecule has 0 aliphatic heterocycles. The molecule has 1 aliphatic rings. The molecule has 1 aliphatic carbocycles. The lowest BCUT2D eigenvalue weighted by molar-refractivity contribution is 0.509. The standard InChI is InChI=1S/C13H13Cl2NO/c1-7-9-4-5-10(14)12(15)13(9)17-11(7)6-16-8-2-3-8/h4-5,8,16H,2-3,6H2,1H3. The molecule has 90 valence electrons. The van der Waals surface area contributed by atoms with Gasteiger partial charge in [-0.2, -0.15) is 0 Å². The Bertz CT molecular complexity index is 572. The Morgan fingerprint density at radius 1 is 1.35 bits per heavy atom. The third kappa shape index (κ3) is 2.05. The van der Waals surface area contributed by atoms with Gasteiger partial charge in [0, 0.05) is 11.4 Å². The van der Waals surface area contributed by atoms with E-state index in [1.807, 2.05) is 12.1 Å². The van der Waals surface area contributed by atoms with E-state index in [9.17, 15) is 0 Å². The van der Waals surface area contributed by atoms with Gasteiger partial charge in [-0.3, -0.25) is 0 Å². The molecule has 2 nitrogen and oxygen atoms in total. The average Bonchev–Trinajstić information content (AvgIpc) is 3.08. The molecule has 17 heavy (non-hydrogen) atoms. The normalized spacial score (nSPS) is 15.7. The van der Waals surface area contributed by atoms with Crippen LogP contribution >= 0.6 is 23.2 Å². The average molecular weight is 270 g/mol. The number of halogens is 2. The highest BCUT2D eigenvalue weighted by Gasteiger charge is 2.22. The maximum atomic E-state index is 6.14. The van der Waals surface area contributed by atoms with E-state index in [4.69, 9.17) is 27.6 Å². The lowest BCUT2D eigenvalue weighted by Crippen LogP contribution is -2.15. The summed E-state index contributed by atoms with van der Waals surface area (Å²) in [7, 11) is 0. The van der Waals surface area contributed by atoms with Gasteiger partial charge in [0.1, 0.15) is 10.8 Å². The molecule has 1 aromatic carbocycles. The highest BCUT2D eigenvalue weighted by Crippen LogP contribution is 2.35. The van der Waals surface area contributed by atoms with Crippen molar-refractivity contribution in [3.63, 3.8) is 0 Å². The summed E-state index contributed by atoms with van der Waals surface area (Å²) in [4.78, 5) is 0. The monoisotopic (exact) mass is 269 g/mol. The summed E-state index contributed by atoms with van der Waals surface area (Å²) >= 11 is 12.1. The van der Waals surface area contributed by atoms with Crippen LogP contribution < -0.4 is 5.32 Å². The van der Waals surface area contributed by atoms with Crippen molar-refractivity contribution in [2.45, 2.75) is 32.4 Å². The van der Waals surface area contributed by atoms with Crippen LogP contribution in [-0.2, 0) is 6.54 Å². The molecule has 0 spiro atoms. The van der Waals surface area contributed by atoms with Crippen LogP contribution in [0.25, 0.3) is 11.0 Å². The summed E-state index contributed by atoms with van der Waals surface area (Å²) in [5.74, 6) is 0.955. The van der Waals surface area contributed by atoms with E-state index < -0.39 is 0 Å². The van der Waals surface area contributed by atoms with Gasteiger partial charge in [0.05, 0.1) is 11.6 Å². The van der Waals surface area contributed by atoms with Crippen molar-refractivity contribution >= 4 is 34.2 Å². The van der Waals surface area contributed by atoms with Gasteiger partial charge < -0.3 is 9.73 Å². The number of furan rings is 1. The zero-order chi connectivity index (χ0) is 12.0. The third-order valence-electron chi connectivity index (χ3n) is 3.23. The molecule has 0 radical (unpaired) electrons. The summed E-state index contributed by atoms with van der Waals surface area (Å²) in [5, 5.41) is 5.53. The van der Waals surface area contributed by atoms with Crippen molar-refractivity contribution in [2.75, 3.05) is 0 Å². The van der Waals surface area contributed by atoms with E-state index in [0.29, 0.717) is 21.7 Å². The molecule has 3 rings (SSSR count). The van der Waals surface area contributed by atoms with Crippen LogP contribution in [0.4, 0.5) is 0 Å². The number of rotatable bonds is 3. The minimum atomic E-state index is 0.505. The van der Waals surface area contributed by atoms with Crippen LogP contribution in [0.15, 0.2) is 16.5 Å². The highest BCUT2D eigenvalue weighted by atomic mass is 35.5. The molecule has 1 heterocycles. The van der Waals surface area contributed by atoms with E-state index >= 15 is 0 Å². The molecule has 2 aromatic rings. The van der Waals surface area contributed by atoms with Crippen molar-refractivity contribution in [1.82, 2.24) is 5.32 Å². The first-order valence-electron chi connectivity index (χ1n) is 5.76.